The molecule has 0 aromatic heterocycles. The van der Waals surface area contributed by atoms with Gasteiger partial charge in [-0.25, -0.2) is 0 Å². The van der Waals surface area contributed by atoms with E-state index < -0.39 is 29.0 Å². The number of rotatable bonds is 19. The highest BCUT2D eigenvalue weighted by atomic mass is 16.8. The second-order valence-corrected chi connectivity index (χ2v) is 17.4. The van der Waals surface area contributed by atoms with E-state index >= 15 is 0 Å². The van der Waals surface area contributed by atoms with Crippen LogP contribution in [0.2, 0.25) is 0 Å². The minimum absolute atomic E-state index is 0.0323. The first-order valence-corrected chi connectivity index (χ1v) is 22.9. The van der Waals surface area contributed by atoms with E-state index in [4.69, 9.17) is 28.9 Å². The highest BCUT2D eigenvalue weighted by molar-refractivity contribution is 6.03. The number of oxime groups is 1. The van der Waals surface area contributed by atoms with Crippen LogP contribution in [0, 0.1) is 27.9 Å². The molecule has 1 saturated carbocycles. The average Bonchev–Trinajstić information content (AvgIpc) is 3.33. The SMILES string of the molecule is C=CCO[C@@]12Oc3ccc(Oc4ccc5ccccc5c4)cc3[C@H]3[C@H](CCCCO)[C@@H](CCCCO)C=C(C(=NOC4CCCCO4)C[C@@H]1N(C)C(=O)C=Cc1ccc([N+](=O)[O-])cc1)[C@H]32. The number of allylic oxidation sites excluding steroid dienone is 1. The number of nitro groups is 1. The first-order chi connectivity index (χ1) is 31.7. The van der Waals surface area contributed by atoms with Crippen LogP contribution in [0.5, 0.6) is 17.2 Å². The van der Waals surface area contributed by atoms with Gasteiger partial charge in [0.05, 0.1) is 29.8 Å². The number of likely N-dealkylation sites (N-methyl/N-ethyl adjacent to an activating group) is 1. The zero-order valence-electron chi connectivity index (χ0n) is 37.0. The number of fused-ring (bicyclic) bond motifs is 3. The number of hydrogen-bond acceptors (Lipinski definition) is 11. The molecule has 342 valence electrons. The van der Waals surface area contributed by atoms with Crippen molar-refractivity contribution < 1.29 is 43.7 Å². The van der Waals surface area contributed by atoms with E-state index in [2.05, 4.69) is 30.9 Å². The number of non-ortho nitro benzene ring substituents is 1. The van der Waals surface area contributed by atoms with Gasteiger partial charge in [-0.2, -0.15) is 0 Å². The van der Waals surface area contributed by atoms with Gasteiger partial charge in [0, 0.05) is 62.8 Å². The number of aliphatic hydroxyl groups excluding tert-OH is 2. The van der Waals surface area contributed by atoms with Crippen molar-refractivity contribution in [2.24, 2.45) is 22.9 Å². The number of hydrogen-bond donors (Lipinski definition) is 2. The highest BCUT2D eigenvalue weighted by Gasteiger charge is 2.65. The molecule has 0 radical (unpaired) electrons. The lowest BCUT2D eigenvalue weighted by Crippen LogP contribution is -2.69. The maximum absolute atomic E-state index is 14.5. The molecule has 4 aromatic rings. The van der Waals surface area contributed by atoms with Gasteiger partial charge in [-0.1, -0.05) is 60.5 Å². The van der Waals surface area contributed by atoms with Gasteiger partial charge in [-0.15, -0.1) is 6.58 Å². The van der Waals surface area contributed by atoms with Gasteiger partial charge in [-0.3, -0.25) is 14.9 Å². The first-order valence-electron chi connectivity index (χ1n) is 22.9. The summed E-state index contributed by atoms with van der Waals surface area (Å²) in [5.41, 5.74) is 3.13. The van der Waals surface area contributed by atoms with Crippen LogP contribution in [0.15, 0.2) is 120 Å². The second kappa shape index (κ2) is 21.0. The third-order valence-electron chi connectivity index (χ3n) is 13.4. The van der Waals surface area contributed by atoms with E-state index in [1.54, 1.807) is 36.2 Å². The van der Waals surface area contributed by atoms with Gasteiger partial charge >= 0.3 is 0 Å². The van der Waals surface area contributed by atoms with Gasteiger partial charge in [0.25, 0.3) is 5.69 Å². The van der Waals surface area contributed by atoms with Crippen LogP contribution in [0.25, 0.3) is 16.8 Å². The van der Waals surface area contributed by atoms with Gasteiger partial charge in [0.1, 0.15) is 23.3 Å². The molecule has 2 aliphatic heterocycles. The van der Waals surface area contributed by atoms with E-state index in [1.807, 2.05) is 42.5 Å². The molecular weight excluding hydrogens is 827 g/mol. The summed E-state index contributed by atoms with van der Waals surface area (Å²) in [6, 6.07) is 25.4. The van der Waals surface area contributed by atoms with Crippen molar-refractivity contribution in [3.05, 3.63) is 137 Å². The summed E-state index contributed by atoms with van der Waals surface area (Å²) in [4.78, 5) is 33.2. The van der Waals surface area contributed by atoms with Crippen molar-refractivity contribution in [2.75, 3.05) is 33.5 Å². The van der Waals surface area contributed by atoms with Crippen LogP contribution in [-0.2, 0) is 19.1 Å². The Kier molecular flexibility index (Phi) is 14.7. The number of unbranched alkanes of at least 4 members (excludes halogenated alkanes) is 2. The lowest BCUT2D eigenvalue weighted by atomic mass is 9.55. The zero-order valence-corrected chi connectivity index (χ0v) is 37.0. The molecule has 13 nitrogen and oxygen atoms in total. The maximum Gasteiger partial charge on any atom is 0.269 e. The molecule has 2 fully saturated rings. The first kappa shape index (κ1) is 45.7. The second-order valence-electron chi connectivity index (χ2n) is 17.4. The molecule has 0 spiro atoms. The Labute approximate surface area is 380 Å². The average molecular weight is 886 g/mol. The molecule has 1 unspecified atom stereocenters. The topological polar surface area (TPSA) is 162 Å². The molecule has 0 bridgehead atoms. The number of carbonyl (C=O) groups is 1. The predicted molar refractivity (Wildman–Crippen MR) is 249 cm³/mol. The van der Waals surface area contributed by atoms with Crippen LogP contribution in [0.1, 0.15) is 81.3 Å². The van der Waals surface area contributed by atoms with Crippen LogP contribution in [-0.4, -0.2) is 83.2 Å². The van der Waals surface area contributed by atoms with Crippen LogP contribution < -0.4 is 9.47 Å². The van der Waals surface area contributed by atoms with Crippen LogP contribution in [0.3, 0.4) is 0 Å². The van der Waals surface area contributed by atoms with E-state index in [0.29, 0.717) is 54.4 Å². The Bertz CT molecular complexity index is 2410. The standard InChI is InChI=1S/C52H59N3O10/c1-3-29-62-52-47(54(2)48(58)26-19-35-17-21-39(22-18-35)55(59)60)34-45(53-65-49-16-8-11-30-61-49)43-32-38(14-6-9-27-56)42(15-7-10-28-57)50(51(43)52)44-33-41(24-25-46(44)64-52)63-40-23-20-36-12-4-5-13-37(36)31-40/h3-5,12-13,17-26,31-33,38,42,47,49-51,56-57H,1,6-11,14-16,27-30,34H2,2H3/t38-,42+,47-,49?,50+,51+,52+/m0/s1. The van der Waals surface area contributed by atoms with Gasteiger partial charge in [0.15, 0.2) is 0 Å². The largest absolute Gasteiger partial charge is 0.459 e. The van der Waals surface area contributed by atoms with Crippen molar-refractivity contribution >= 4 is 34.2 Å². The Hall–Kier alpha value is -5.86. The third kappa shape index (κ3) is 10.0. The summed E-state index contributed by atoms with van der Waals surface area (Å²) < 4.78 is 26.9. The summed E-state index contributed by atoms with van der Waals surface area (Å²) in [6.45, 7) is 4.90. The number of nitro benzene ring substituents is 1. The Balaban J connectivity index is 1.27. The van der Waals surface area contributed by atoms with E-state index in [1.165, 1.54) is 18.2 Å². The summed E-state index contributed by atoms with van der Waals surface area (Å²) in [5, 5.41) is 38.3. The molecule has 4 aliphatic rings. The van der Waals surface area contributed by atoms with Crippen LogP contribution >= 0.6 is 0 Å². The van der Waals surface area contributed by atoms with Crippen molar-refractivity contribution in [2.45, 2.75) is 88.2 Å². The Morgan fingerprint density at radius 3 is 2.46 bits per heavy atom. The summed E-state index contributed by atoms with van der Waals surface area (Å²) in [7, 11) is 1.73. The Morgan fingerprint density at radius 2 is 1.72 bits per heavy atom. The molecule has 13 heteroatoms. The smallest absolute Gasteiger partial charge is 0.269 e. The molecule has 8 rings (SSSR count). The monoisotopic (exact) mass is 885 g/mol. The normalized spacial score (nSPS) is 25.3. The van der Waals surface area contributed by atoms with E-state index in [-0.39, 0.29) is 55.6 Å². The molecule has 1 amide bonds. The predicted octanol–water partition coefficient (Wildman–Crippen LogP) is 9.87. The fraction of sp³-hybridized carbons (Fsp3) is 0.423. The summed E-state index contributed by atoms with van der Waals surface area (Å²) in [6.07, 6.45) is 13.9. The number of carbonyl (C=O) groups excluding carboxylic acids is 1. The molecule has 4 aromatic carbocycles. The van der Waals surface area contributed by atoms with Crippen molar-refractivity contribution in [3.63, 3.8) is 0 Å². The van der Waals surface area contributed by atoms with E-state index in [9.17, 15) is 25.1 Å². The molecule has 2 heterocycles. The third-order valence-corrected chi connectivity index (χ3v) is 13.4. The molecular formula is C52H59N3O10. The fourth-order valence-corrected chi connectivity index (χ4v) is 10.2. The molecule has 65 heavy (non-hydrogen) atoms. The lowest BCUT2D eigenvalue weighted by molar-refractivity contribution is -0.384. The number of nitrogens with zero attached hydrogens (tertiary/aromatic N) is 3. The molecule has 2 N–H and O–H groups in total. The van der Waals surface area contributed by atoms with E-state index in [0.717, 1.165) is 60.4 Å². The minimum atomic E-state index is -1.43. The van der Waals surface area contributed by atoms with Crippen molar-refractivity contribution in [3.8, 4) is 17.2 Å². The fourth-order valence-electron chi connectivity index (χ4n) is 10.2. The number of ether oxygens (including phenoxy) is 4. The molecule has 7 atom stereocenters. The van der Waals surface area contributed by atoms with Crippen LogP contribution in [0.4, 0.5) is 5.69 Å². The van der Waals surface area contributed by atoms with Crippen molar-refractivity contribution in [1.82, 2.24) is 4.90 Å². The molecule has 2 aliphatic carbocycles. The van der Waals surface area contributed by atoms with Gasteiger partial charge in [-0.05, 0) is 121 Å². The van der Waals surface area contributed by atoms with Gasteiger partial charge < -0.3 is 38.9 Å². The zero-order chi connectivity index (χ0) is 45.3. The lowest BCUT2D eigenvalue weighted by Gasteiger charge is -2.59. The van der Waals surface area contributed by atoms with Crippen molar-refractivity contribution in [1.29, 1.82) is 0 Å². The molecule has 1 saturated heterocycles. The minimum Gasteiger partial charge on any atom is -0.459 e. The number of benzene rings is 4. The number of amides is 1. The quantitative estimate of drug-likeness (QED) is 0.0305. The summed E-state index contributed by atoms with van der Waals surface area (Å²) >= 11 is 0. The number of aliphatic hydroxyl groups is 2. The van der Waals surface area contributed by atoms with Gasteiger partial charge in [0.2, 0.25) is 18.0 Å². The Morgan fingerprint density at radius 1 is 0.969 bits per heavy atom. The maximum atomic E-state index is 14.5. The summed E-state index contributed by atoms with van der Waals surface area (Å²) in [5.74, 6) is -0.455. The highest BCUT2D eigenvalue weighted by Crippen LogP contribution is 2.62.